The normalized spacial score (nSPS) is 15.7. The second kappa shape index (κ2) is 8.87. The van der Waals surface area contributed by atoms with Gasteiger partial charge in [0.05, 0.1) is 18.4 Å². The van der Waals surface area contributed by atoms with Gasteiger partial charge in [0, 0.05) is 0 Å². The van der Waals surface area contributed by atoms with Crippen LogP contribution in [0, 0.1) is 0 Å². The fourth-order valence-corrected chi connectivity index (χ4v) is 3.15. The Morgan fingerprint density at radius 1 is 1.10 bits per heavy atom. The summed E-state index contributed by atoms with van der Waals surface area (Å²) in [5.41, 5.74) is 1.22. The molecule has 2 amide bonds. The monoisotopic (exact) mass is 410 g/mol. The Balaban J connectivity index is 1.97. The highest BCUT2D eigenvalue weighted by Crippen LogP contribution is 2.31. The molecule has 0 unspecified atom stereocenters. The van der Waals surface area contributed by atoms with E-state index in [1.807, 2.05) is 26.8 Å². The Hall–Kier alpha value is -3.19. The molecular weight excluding hydrogens is 388 g/mol. The van der Waals surface area contributed by atoms with Crippen LogP contribution in [0.3, 0.4) is 0 Å². The number of para-hydroxylation sites is 1. The SMILES string of the molecule is CCOc1cc(/C=C2/C(=O)NC(=S)N(c3ccccc3)C2=O)ccc1OC(C)C. The van der Waals surface area contributed by atoms with Gasteiger partial charge in [-0.1, -0.05) is 24.3 Å². The highest BCUT2D eigenvalue weighted by atomic mass is 32.1. The van der Waals surface area contributed by atoms with Gasteiger partial charge in [0.15, 0.2) is 16.6 Å². The largest absolute Gasteiger partial charge is 0.490 e. The number of hydrogen-bond donors (Lipinski definition) is 1. The van der Waals surface area contributed by atoms with Crippen molar-refractivity contribution in [3.05, 3.63) is 59.7 Å². The third-order valence-corrected chi connectivity index (χ3v) is 4.34. The van der Waals surface area contributed by atoms with Crippen LogP contribution in [-0.2, 0) is 9.59 Å². The van der Waals surface area contributed by atoms with Crippen molar-refractivity contribution in [2.24, 2.45) is 0 Å². The summed E-state index contributed by atoms with van der Waals surface area (Å²) in [4.78, 5) is 26.8. The van der Waals surface area contributed by atoms with E-state index in [0.29, 0.717) is 29.4 Å². The van der Waals surface area contributed by atoms with Gasteiger partial charge in [0.1, 0.15) is 5.57 Å². The van der Waals surface area contributed by atoms with Crippen LogP contribution < -0.4 is 19.7 Å². The first-order valence-corrected chi connectivity index (χ1v) is 9.71. The lowest BCUT2D eigenvalue weighted by molar-refractivity contribution is -0.122. The third kappa shape index (κ3) is 4.63. The van der Waals surface area contributed by atoms with Crippen LogP contribution in [0.4, 0.5) is 5.69 Å². The number of thiocarbonyl (C=S) groups is 1. The lowest BCUT2D eigenvalue weighted by Gasteiger charge is -2.28. The molecular formula is C22H22N2O4S. The van der Waals surface area contributed by atoms with Gasteiger partial charge in [-0.05, 0) is 68.9 Å². The van der Waals surface area contributed by atoms with Crippen molar-refractivity contribution in [2.45, 2.75) is 26.9 Å². The molecule has 1 N–H and O–H groups in total. The molecule has 3 rings (SSSR count). The number of carbonyl (C=O) groups is 2. The summed E-state index contributed by atoms with van der Waals surface area (Å²) >= 11 is 5.20. The zero-order chi connectivity index (χ0) is 21.0. The molecule has 0 bridgehead atoms. The minimum atomic E-state index is -0.535. The quantitative estimate of drug-likeness (QED) is 0.447. The van der Waals surface area contributed by atoms with Gasteiger partial charge in [-0.25, -0.2) is 0 Å². The summed E-state index contributed by atoms with van der Waals surface area (Å²) in [6.45, 7) is 6.19. The molecule has 29 heavy (non-hydrogen) atoms. The lowest BCUT2D eigenvalue weighted by Crippen LogP contribution is -2.54. The molecule has 1 heterocycles. The van der Waals surface area contributed by atoms with Crippen LogP contribution in [0.1, 0.15) is 26.3 Å². The number of anilines is 1. The van der Waals surface area contributed by atoms with Crippen molar-refractivity contribution >= 4 is 40.9 Å². The predicted molar refractivity (Wildman–Crippen MR) is 116 cm³/mol. The first-order chi connectivity index (χ1) is 13.9. The summed E-state index contributed by atoms with van der Waals surface area (Å²) in [7, 11) is 0. The average Bonchev–Trinajstić information content (AvgIpc) is 2.67. The van der Waals surface area contributed by atoms with Gasteiger partial charge in [0.2, 0.25) is 0 Å². The second-order valence-electron chi connectivity index (χ2n) is 6.60. The molecule has 0 aromatic heterocycles. The molecule has 0 atom stereocenters. The van der Waals surface area contributed by atoms with E-state index in [2.05, 4.69) is 5.32 Å². The molecule has 1 aliphatic rings. The van der Waals surface area contributed by atoms with Crippen LogP contribution >= 0.6 is 12.2 Å². The van der Waals surface area contributed by atoms with Gasteiger partial charge >= 0.3 is 0 Å². The summed E-state index contributed by atoms with van der Waals surface area (Å²) < 4.78 is 11.4. The van der Waals surface area contributed by atoms with E-state index >= 15 is 0 Å². The molecule has 6 nitrogen and oxygen atoms in total. The first-order valence-electron chi connectivity index (χ1n) is 9.30. The number of nitrogens with zero attached hydrogens (tertiary/aromatic N) is 1. The maximum atomic E-state index is 13.0. The molecule has 0 saturated carbocycles. The van der Waals surface area contributed by atoms with E-state index in [1.165, 1.54) is 11.0 Å². The van der Waals surface area contributed by atoms with Crippen molar-refractivity contribution in [3.8, 4) is 11.5 Å². The molecule has 0 radical (unpaired) electrons. The van der Waals surface area contributed by atoms with E-state index in [0.717, 1.165) is 0 Å². The standard InChI is InChI=1S/C22H22N2O4S/c1-4-27-19-13-15(10-11-18(19)28-14(2)3)12-17-20(25)23-22(29)24(21(17)26)16-8-6-5-7-9-16/h5-14H,4H2,1-3H3,(H,23,25,29)/b17-12-. The van der Waals surface area contributed by atoms with Crippen LogP contribution in [-0.4, -0.2) is 29.6 Å². The molecule has 1 fully saturated rings. The zero-order valence-electron chi connectivity index (χ0n) is 16.5. The van der Waals surface area contributed by atoms with E-state index < -0.39 is 11.8 Å². The van der Waals surface area contributed by atoms with E-state index in [1.54, 1.807) is 42.5 Å². The third-order valence-electron chi connectivity index (χ3n) is 4.06. The smallest absolute Gasteiger partial charge is 0.270 e. The highest BCUT2D eigenvalue weighted by Gasteiger charge is 2.34. The van der Waals surface area contributed by atoms with Crippen molar-refractivity contribution in [1.29, 1.82) is 0 Å². The number of benzene rings is 2. The number of carbonyl (C=O) groups excluding carboxylic acids is 2. The topological polar surface area (TPSA) is 67.9 Å². The molecule has 2 aromatic rings. The Bertz CT molecular complexity index is 970. The van der Waals surface area contributed by atoms with Crippen LogP contribution in [0.2, 0.25) is 0 Å². The Morgan fingerprint density at radius 3 is 2.48 bits per heavy atom. The number of hydrogen-bond acceptors (Lipinski definition) is 5. The molecule has 2 aromatic carbocycles. The summed E-state index contributed by atoms with van der Waals surface area (Å²) in [5.74, 6) is 0.142. The minimum absolute atomic E-state index is 0.00967. The Morgan fingerprint density at radius 2 is 1.83 bits per heavy atom. The molecule has 150 valence electrons. The first kappa shape index (κ1) is 20.5. The van der Waals surface area contributed by atoms with Gasteiger partial charge in [0.25, 0.3) is 11.8 Å². The number of ether oxygens (including phenoxy) is 2. The van der Waals surface area contributed by atoms with E-state index in [4.69, 9.17) is 21.7 Å². The summed E-state index contributed by atoms with van der Waals surface area (Å²) in [5, 5.41) is 2.63. The van der Waals surface area contributed by atoms with Gasteiger partial charge < -0.3 is 9.47 Å². The van der Waals surface area contributed by atoms with Crippen molar-refractivity contribution in [3.63, 3.8) is 0 Å². The molecule has 7 heteroatoms. The number of rotatable bonds is 6. The zero-order valence-corrected chi connectivity index (χ0v) is 17.3. The fourth-order valence-electron chi connectivity index (χ4n) is 2.87. The number of nitrogens with one attached hydrogen (secondary N) is 1. The maximum Gasteiger partial charge on any atom is 0.270 e. The predicted octanol–water partition coefficient (Wildman–Crippen LogP) is 3.70. The van der Waals surface area contributed by atoms with Crippen LogP contribution in [0.15, 0.2) is 54.1 Å². The Kier molecular flexibility index (Phi) is 6.29. The van der Waals surface area contributed by atoms with Crippen LogP contribution in [0.25, 0.3) is 6.08 Å². The number of amides is 2. The van der Waals surface area contributed by atoms with Gasteiger partial charge in [-0.2, -0.15) is 0 Å². The van der Waals surface area contributed by atoms with Crippen molar-refractivity contribution in [1.82, 2.24) is 5.32 Å². The summed E-state index contributed by atoms with van der Waals surface area (Å²) in [6, 6.07) is 14.2. The van der Waals surface area contributed by atoms with Gasteiger partial charge in [-0.3, -0.25) is 19.8 Å². The minimum Gasteiger partial charge on any atom is -0.490 e. The second-order valence-corrected chi connectivity index (χ2v) is 6.99. The molecule has 1 aliphatic heterocycles. The highest BCUT2D eigenvalue weighted by molar-refractivity contribution is 7.80. The molecule has 0 spiro atoms. The van der Waals surface area contributed by atoms with Crippen LogP contribution in [0.5, 0.6) is 11.5 Å². The van der Waals surface area contributed by atoms with E-state index in [-0.39, 0.29) is 16.8 Å². The molecule has 0 aliphatic carbocycles. The maximum absolute atomic E-state index is 13.0. The fraction of sp³-hybridized carbons (Fsp3) is 0.227. The Labute approximate surface area is 175 Å². The molecule has 1 saturated heterocycles. The summed E-state index contributed by atoms with van der Waals surface area (Å²) in [6.07, 6.45) is 1.52. The van der Waals surface area contributed by atoms with Crippen molar-refractivity contribution in [2.75, 3.05) is 11.5 Å². The average molecular weight is 410 g/mol. The van der Waals surface area contributed by atoms with E-state index in [9.17, 15) is 9.59 Å². The van der Waals surface area contributed by atoms with Crippen molar-refractivity contribution < 1.29 is 19.1 Å². The lowest BCUT2D eigenvalue weighted by atomic mass is 10.1. The van der Waals surface area contributed by atoms with Gasteiger partial charge in [-0.15, -0.1) is 0 Å².